The molecule has 2 aliphatic heterocycles. The summed E-state index contributed by atoms with van der Waals surface area (Å²) in [5.74, 6) is 1.01. The van der Waals surface area contributed by atoms with Gasteiger partial charge < -0.3 is 9.32 Å². The molecule has 4 rings (SSSR count). The number of carbonyl (C=O) groups excluding carboxylic acids is 1. The molecule has 5 heteroatoms. The fourth-order valence-corrected chi connectivity index (χ4v) is 3.96. The van der Waals surface area contributed by atoms with Gasteiger partial charge in [-0.25, -0.2) is 4.39 Å². The quantitative estimate of drug-likeness (QED) is 0.858. The average molecular weight is 342 g/mol. The molecule has 1 fully saturated rings. The minimum absolute atomic E-state index is 0.0708. The maximum absolute atomic E-state index is 13.1. The van der Waals surface area contributed by atoms with Crippen LogP contribution in [0.5, 0.6) is 0 Å². The lowest BCUT2D eigenvalue weighted by Gasteiger charge is -2.29. The Hall–Kier alpha value is -2.14. The van der Waals surface area contributed by atoms with Crippen LogP contribution in [0.3, 0.4) is 0 Å². The zero-order valence-electron chi connectivity index (χ0n) is 14.3. The molecule has 1 amide bonds. The summed E-state index contributed by atoms with van der Waals surface area (Å²) < 4.78 is 18.6. The molecule has 132 valence electrons. The summed E-state index contributed by atoms with van der Waals surface area (Å²) in [6.45, 7) is 3.04. The van der Waals surface area contributed by atoms with Gasteiger partial charge in [0, 0.05) is 31.6 Å². The molecule has 4 nitrogen and oxygen atoms in total. The van der Waals surface area contributed by atoms with Crippen molar-refractivity contribution in [2.24, 2.45) is 0 Å². The molecule has 1 aromatic carbocycles. The van der Waals surface area contributed by atoms with Crippen LogP contribution in [0.15, 0.2) is 41.0 Å². The molecule has 1 aromatic heterocycles. The van der Waals surface area contributed by atoms with E-state index < -0.39 is 0 Å². The van der Waals surface area contributed by atoms with E-state index in [9.17, 15) is 9.18 Å². The van der Waals surface area contributed by atoms with Crippen molar-refractivity contribution in [1.82, 2.24) is 9.80 Å². The number of furan rings is 1. The van der Waals surface area contributed by atoms with E-state index in [2.05, 4.69) is 4.90 Å². The Bertz CT molecular complexity index is 740. The van der Waals surface area contributed by atoms with E-state index in [0.29, 0.717) is 13.1 Å². The Labute approximate surface area is 147 Å². The topological polar surface area (TPSA) is 36.7 Å². The number of benzene rings is 1. The highest BCUT2D eigenvalue weighted by atomic mass is 19.1. The first kappa shape index (κ1) is 16.3. The van der Waals surface area contributed by atoms with Crippen molar-refractivity contribution in [3.63, 3.8) is 0 Å². The standard InChI is InChI=1S/C20H23FN2O2/c21-17-7-5-15(6-8-17)13-22-10-1-3-18(22)20(24)23-11-2-4-19-16(14-23)9-12-25-19/h5-9,12,18H,1-4,10-11,13-14H2. The van der Waals surface area contributed by atoms with E-state index in [4.69, 9.17) is 4.42 Å². The van der Waals surface area contributed by atoms with Gasteiger partial charge >= 0.3 is 0 Å². The maximum Gasteiger partial charge on any atom is 0.240 e. The van der Waals surface area contributed by atoms with Gasteiger partial charge in [-0.15, -0.1) is 0 Å². The third-order valence-electron chi connectivity index (χ3n) is 5.29. The molecular formula is C20H23FN2O2. The van der Waals surface area contributed by atoms with E-state index in [1.807, 2.05) is 11.0 Å². The number of carbonyl (C=O) groups is 1. The SMILES string of the molecule is O=C(C1CCCN1Cc1ccc(F)cc1)N1CCCc2occc2C1. The van der Waals surface area contributed by atoms with E-state index in [-0.39, 0.29) is 17.8 Å². The number of aryl methyl sites for hydroxylation is 1. The van der Waals surface area contributed by atoms with Crippen molar-refractivity contribution in [2.75, 3.05) is 13.1 Å². The predicted molar refractivity (Wildman–Crippen MR) is 92.3 cm³/mol. The first-order chi connectivity index (χ1) is 12.2. The smallest absolute Gasteiger partial charge is 0.240 e. The highest BCUT2D eigenvalue weighted by Crippen LogP contribution is 2.25. The number of halogens is 1. The molecule has 0 radical (unpaired) electrons. The van der Waals surface area contributed by atoms with Crippen molar-refractivity contribution in [3.8, 4) is 0 Å². The molecule has 25 heavy (non-hydrogen) atoms. The number of nitrogens with zero attached hydrogens (tertiary/aromatic N) is 2. The Kier molecular flexibility index (Phi) is 4.57. The molecule has 0 N–H and O–H groups in total. The van der Waals surface area contributed by atoms with Gasteiger partial charge in [0.2, 0.25) is 5.91 Å². The average Bonchev–Trinajstić information content (AvgIpc) is 3.21. The van der Waals surface area contributed by atoms with Crippen LogP contribution in [-0.2, 0) is 24.3 Å². The molecule has 0 bridgehead atoms. The van der Waals surface area contributed by atoms with Crippen molar-refractivity contribution in [2.45, 2.75) is 44.8 Å². The summed E-state index contributed by atoms with van der Waals surface area (Å²) >= 11 is 0. The normalized spacial score (nSPS) is 21.2. The van der Waals surface area contributed by atoms with Gasteiger partial charge in [0.05, 0.1) is 12.3 Å². The molecule has 2 aliphatic rings. The van der Waals surface area contributed by atoms with E-state index in [0.717, 1.165) is 55.7 Å². The summed E-state index contributed by atoms with van der Waals surface area (Å²) in [6, 6.07) is 8.48. The van der Waals surface area contributed by atoms with Crippen LogP contribution < -0.4 is 0 Å². The van der Waals surface area contributed by atoms with Gasteiger partial charge in [0.25, 0.3) is 0 Å². The molecule has 1 unspecified atom stereocenters. The highest BCUT2D eigenvalue weighted by molar-refractivity contribution is 5.82. The second-order valence-corrected chi connectivity index (χ2v) is 6.99. The fraction of sp³-hybridized carbons (Fsp3) is 0.450. The number of hydrogen-bond acceptors (Lipinski definition) is 3. The summed E-state index contributed by atoms with van der Waals surface area (Å²) in [5.41, 5.74) is 2.18. The summed E-state index contributed by atoms with van der Waals surface area (Å²) in [4.78, 5) is 17.3. The van der Waals surface area contributed by atoms with Crippen molar-refractivity contribution in [3.05, 3.63) is 59.3 Å². The fourth-order valence-electron chi connectivity index (χ4n) is 3.96. The number of rotatable bonds is 3. The number of hydrogen-bond donors (Lipinski definition) is 0. The van der Waals surface area contributed by atoms with Crippen molar-refractivity contribution >= 4 is 5.91 Å². The highest BCUT2D eigenvalue weighted by Gasteiger charge is 2.34. The molecule has 1 atom stereocenters. The van der Waals surface area contributed by atoms with Gasteiger partial charge in [-0.1, -0.05) is 12.1 Å². The van der Waals surface area contributed by atoms with Crippen molar-refractivity contribution < 1.29 is 13.6 Å². The molecule has 3 heterocycles. The number of amides is 1. The first-order valence-corrected chi connectivity index (χ1v) is 9.03. The lowest BCUT2D eigenvalue weighted by atomic mass is 10.1. The predicted octanol–water partition coefficient (Wildman–Crippen LogP) is 3.36. The largest absolute Gasteiger partial charge is 0.469 e. The Balaban J connectivity index is 1.46. The minimum Gasteiger partial charge on any atom is -0.469 e. The van der Waals surface area contributed by atoms with Gasteiger partial charge in [0.1, 0.15) is 11.6 Å². The lowest BCUT2D eigenvalue weighted by Crippen LogP contribution is -2.45. The Morgan fingerprint density at radius 1 is 1.16 bits per heavy atom. The van der Waals surface area contributed by atoms with Crippen LogP contribution in [0.1, 0.15) is 36.1 Å². The lowest BCUT2D eigenvalue weighted by molar-refractivity contribution is -0.136. The van der Waals surface area contributed by atoms with Gasteiger partial charge in [-0.05, 0) is 49.6 Å². The van der Waals surface area contributed by atoms with Crippen LogP contribution in [0, 0.1) is 5.82 Å². The van der Waals surface area contributed by atoms with Gasteiger partial charge in [-0.2, -0.15) is 0 Å². The van der Waals surface area contributed by atoms with E-state index in [1.54, 1.807) is 18.4 Å². The van der Waals surface area contributed by atoms with Gasteiger partial charge in [0.15, 0.2) is 0 Å². The third kappa shape index (κ3) is 3.47. The molecule has 2 aromatic rings. The maximum atomic E-state index is 13.1. The van der Waals surface area contributed by atoms with Crippen LogP contribution in [0.25, 0.3) is 0 Å². The van der Waals surface area contributed by atoms with Crippen molar-refractivity contribution in [1.29, 1.82) is 0 Å². The van der Waals surface area contributed by atoms with Crippen LogP contribution >= 0.6 is 0 Å². The summed E-state index contributed by atoms with van der Waals surface area (Å²) in [7, 11) is 0. The van der Waals surface area contributed by atoms with Gasteiger partial charge in [-0.3, -0.25) is 9.69 Å². The second-order valence-electron chi connectivity index (χ2n) is 6.99. The zero-order valence-corrected chi connectivity index (χ0v) is 14.3. The van der Waals surface area contributed by atoms with Crippen LogP contribution in [0.2, 0.25) is 0 Å². The number of likely N-dealkylation sites (tertiary alicyclic amines) is 1. The van der Waals surface area contributed by atoms with Crippen LogP contribution in [0.4, 0.5) is 4.39 Å². The molecule has 0 aliphatic carbocycles. The molecule has 0 saturated carbocycles. The van der Waals surface area contributed by atoms with E-state index >= 15 is 0 Å². The number of fused-ring (bicyclic) bond motifs is 1. The van der Waals surface area contributed by atoms with E-state index in [1.165, 1.54) is 12.1 Å². The summed E-state index contributed by atoms with van der Waals surface area (Å²) in [6.07, 6.45) is 5.49. The third-order valence-corrected chi connectivity index (χ3v) is 5.29. The molecular weight excluding hydrogens is 319 g/mol. The van der Waals surface area contributed by atoms with Crippen LogP contribution in [-0.4, -0.2) is 34.8 Å². The Morgan fingerprint density at radius 2 is 2.00 bits per heavy atom. The summed E-state index contributed by atoms with van der Waals surface area (Å²) in [5, 5.41) is 0. The monoisotopic (exact) mass is 342 g/mol. The molecule has 1 saturated heterocycles. The minimum atomic E-state index is -0.224. The second kappa shape index (κ2) is 7.00. The Morgan fingerprint density at radius 3 is 2.84 bits per heavy atom. The first-order valence-electron chi connectivity index (χ1n) is 9.03. The zero-order chi connectivity index (χ0) is 17.2. The molecule has 0 spiro atoms.